The van der Waals surface area contributed by atoms with E-state index in [9.17, 15) is 14.4 Å². The maximum absolute atomic E-state index is 12.7. The van der Waals surface area contributed by atoms with Crippen molar-refractivity contribution in [3.8, 4) is 22.4 Å². The van der Waals surface area contributed by atoms with Crippen LogP contribution >= 0.6 is 0 Å². The molecule has 292 valence electrons. The summed E-state index contributed by atoms with van der Waals surface area (Å²) in [7, 11) is 0. The smallest absolute Gasteiger partial charge is 0.292 e. The van der Waals surface area contributed by atoms with Crippen LogP contribution in [-0.2, 0) is 28.1 Å². The number of aromatic nitrogens is 7. The number of nitrogens with zero attached hydrogens (tertiary/aromatic N) is 8. The molecule has 3 amide bonds. The molecule has 6 heterocycles. The van der Waals surface area contributed by atoms with Gasteiger partial charge in [-0.05, 0) is 73.7 Å². The number of piperidine rings is 2. The first-order valence-corrected chi connectivity index (χ1v) is 19.3. The number of anilines is 1. The summed E-state index contributed by atoms with van der Waals surface area (Å²) >= 11 is 0. The van der Waals surface area contributed by atoms with Crippen molar-refractivity contribution in [2.75, 3.05) is 18.4 Å². The fraction of sp³-hybridized carbons (Fsp3) is 0.357. The van der Waals surface area contributed by atoms with Gasteiger partial charge in [-0.15, -0.1) is 0 Å². The highest BCUT2D eigenvalue weighted by atomic mass is 16.5. The summed E-state index contributed by atoms with van der Waals surface area (Å²) in [6.45, 7) is 11.0. The summed E-state index contributed by atoms with van der Waals surface area (Å²) in [5.41, 5.74) is 8.69. The van der Waals surface area contributed by atoms with Crippen LogP contribution in [0, 0.1) is 6.92 Å². The third-order valence-corrected chi connectivity index (χ3v) is 10.7. The van der Waals surface area contributed by atoms with E-state index in [4.69, 9.17) is 4.52 Å². The number of hydrogen-bond acceptors (Lipinski definition) is 12. The number of benzene rings is 2. The molecule has 2 aromatic carbocycles. The van der Waals surface area contributed by atoms with Crippen molar-refractivity contribution < 1.29 is 18.9 Å². The molecule has 8 rings (SSSR count). The van der Waals surface area contributed by atoms with Gasteiger partial charge >= 0.3 is 0 Å². The number of rotatable bonds is 10. The molecule has 15 nitrogen and oxygen atoms in total. The summed E-state index contributed by atoms with van der Waals surface area (Å²) in [6, 6.07) is 16.4. The van der Waals surface area contributed by atoms with Crippen LogP contribution in [-0.4, -0.2) is 76.5 Å². The minimum Gasteiger partial charge on any atom is -0.357 e. The lowest BCUT2D eigenvalue weighted by atomic mass is 9.93. The first-order chi connectivity index (χ1) is 27.5. The van der Waals surface area contributed by atoms with Gasteiger partial charge < -0.3 is 15.2 Å². The standard InChI is InChI=1S/C42H45N11O4/c1-25-17-29(9-10-30(25)19-45-40(56)38-50-41(57-51-38)42(2,3)4)37-34-18-31(23-53(34)47-24-46-37)27-7-5-26(6-8-27)22-52-15-13-28(14-16-52)33-20-44-35(21-43-33)48-32-11-12-36(54)49-39(32)55/h5-10,17-18,20-21,23-24,28,32H,11-16,19,22H2,1-4H3,(H,44,48)(H,45,56)(H,49,54,55). The highest BCUT2D eigenvalue weighted by Gasteiger charge is 2.28. The van der Waals surface area contributed by atoms with Gasteiger partial charge in [0, 0.05) is 48.2 Å². The van der Waals surface area contributed by atoms with Crippen LogP contribution in [0.1, 0.15) is 91.3 Å². The number of fused-ring (bicyclic) bond motifs is 1. The lowest BCUT2D eigenvalue weighted by molar-refractivity contribution is -0.133. The molecule has 2 saturated heterocycles. The van der Waals surface area contributed by atoms with Gasteiger partial charge in [-0.25, -0.2) is 14.5 Å². The van der Waals surface area contributed by atoms with Crippen molar-refractivity contribution in [3.63, 3.8) is 0 Å². The molecule has 0 bridgehead atoms. The number of nitrogens with one attached hydrogen (secondary N) is 3. The van der Waals surface area contributed by atoms with Crippen LogP contribution in [0.4, 0.5) is 5.82 Å². The van der Waals surface area contributed by atoms with Gasteiger partial charge in [0.2, 0.25) is 17.7 Å². The first-order valence-electron chi connectivity index (χ1n) is 19.3. The van der Waals surface area contributed by atoms with E-state index in [0.29, 0.717) is 37.0 Å². The summed E-state index contributed by atoms with van der Waals surface area (Å²) in [5, 5.41) is 16.7. The zero-order valence-corrected chi connectivity index (χ0v) is 32.5. The monoisotopic (exact) mass is 767 g/mol. The summed E-state index contributed by atoms with van der Waals surface area (Å²) in [4.78, 5) is 56.8. The zero-order chi connectivity index (χ0) is 39.7. The zero-order valence-electron chi connectivity index (χ0n) is 32.5. The van der Waals surface area contributed by atoms with E-state index < -0.39 is 6.04 Å². The van der Waals surface area contributed by atoms with E-state index in [1.807, 2.05) is 50.5 Å². The Balaban J connectivity index is 0.858. The third kappa shape index (κ3) is 8.43. The molecule has 2 aliphatic heterocycles. The Bertz CT molecular complexity index is 2430. The minimum absolute atomic E-state index is 0.0211. The molecule has 4 aromatic heterocycles. The summed E-state index contributed by atoms with van der Waals surface area (Å²) in [6.07, 6.45) is 9.83. The lowest BCUT2D eigenvalue weighted by Crippen LogP contribution is -2.47. The first kappa shape index (κ1) is 37.6. The van der Waals surface area contributed by atoms with Gasteiger partial charge in [-0.1, -0.05) is 62.3 Å². The highest BCUT2D eigenvalue weighted by Crippen LogP contribution is 2.31. The van der Waals surface area contributed by atoms with E-state index >= 15 is 0 Å². The van der Waals surface area contributed by atoms with Crippen molar-refractivity contribution in [2.45, 2.75) is 83.8 Å². The summed E-state index contributed by atoms with van der Waals surface area (Å²) in [5.74, 6) is 0.357. The van der Waals surface area contributed by atoms with Gasteiger partial charge in [0.05, 0.1) is 29.3 Å². The Labute approximate surface area is 329 Å². The van der Waals surface area contributed by atoms with E-state index in [1.54, 1.807) is 18.7 Å². The molecule has 15 heteroatoms. The van der Waals surface area contributed by atoms with Crippen molar-refractivity contribution in [1.29, 1.82) is 0 Å². The molecule has 0 spiro atoms. The fourth-order valence-corrected chi connectivity index (χ4v) is 7.31. The number of carbonyl (C=O) groups excluding carboxylic acids is 3. The second-order valence-corrected chi connectivity index (χ2v) is 15.9. The van der Waals surface area contributed by atoms with E-state index in [1.165, 1.54) is 5.56 Å². The Hall–Kier alpha value is -6.35. The Morgan fingerprint density at radius 1 is 0.947 bits per heavy atom. The second-order valence-electron chi connectivity index (χ2n) is 15.9. The molecule has 57 heavy (non-hydrogen) atoms. The molecular weight excluding hydrogens is 723 g/mol. The van der Waals surface area contributed by atoms with E-state index in [2.05, 4.69) is 87.4 Å². The normalized spacial score (nSPS) is 16.8. The van der Waals surface area contributed by atoms with Crippen molar-refractivity contribution >= 4 is 29.1 Å². The Kier molecular flexibility index (Phi) is 10.3. The van der Waals surface area contributed by atoms with Crippen LogP contribution < -0.4 is 16.0 Å². The number of likely N-dealkylation sites (tertiary alicyclic amines) is 1. The van der Waals surface area contributed by atoms with Gasteiger partial charge in [0.25, 0.3) is 11.7 Å². The van der Waals surface area contributed by atoms with Gasteiger partial charge in [-0.2, -0.15) is 10.1 Å². The molecule has 2 aliphatic rings. The Morgan fingerprint density at radius 3 is 2.44 bits per heavy atom. The maximum Gasteiger partial charge on any atom is 0.292 e. The van der Waals surface area contributed by atoms with Crippen LogP contribution in [0.5, 0.6) is 0 Å². The predicted octanol–water partition coefficient (Wildman–Crippen LogP) is 5.37. The van der Waals surface area contributed by atoms with Crippen LogP contribution in [0.15, 0.2) is 78.0 Å². The van der Waals surface area contributed by atoms with E-state index in [0.717, 1.165) is 77.2 Å². The number of aryl methyl sites for hydroxylation is 1. The lowest BCUT2D eigenvalue weighted by Gasteiger charge is -2.31. The molecule has 2 fully saturated rings. The SMILES string of the molecule is Cc1cc(-c2ncnn3cc(-c4ccc(CN5CCC(c6cnc(NC7CCC(=O)NC7=O)cn6)CC5)cc4)cc23)ccc1CNC(=O)c1noc(C(C)(C)C)n1. The largest absolute Gasteiger partial charge is 0.357 e. The van der Waals surface area contributed by atoms with E-state index in [-0.39, 0.29) is 29.0 Å². The van der Waals surface area contributed by atoms with Gasteiger partial charge in [0.1, 0.15) is 18.2 Å². The van der Waals surface area contributed by atoms with Crippen LogP contribution in [0.2, 0.25) is 0 Å². The van der Waals surface area contributed by atoms with Crippen molar-refractivity contribution in [3.05, 3.63) is 108 Å². The third-order valence-electron chi connectivity index (χ3n) is 10.7. The highest BCUT2D eigenvalue weighted by molar-refractivity contribution is 6.01. The molecule has 3 N–H and O–H groups in total. The molecule has 1 atom stereocenters. The predicted molar refractivity (Wildman–Crippen MR) is 212 cm³/mol. The number of hydrogen-bond donors (Lipinski definition) is 3. The maximum atomic E-state index is 12.7. The Morgan fingerprint density at radius 2 is 1.74 bits per heavy atom. The fourth-order valence-electron chi connectivity index (χ4n) is 7.31. The van der Waals surface area contributed by atoms with Gasteiger partial charge in [-0.3, -0.25) is 29.6 Å². The second kappa shape index (κ2) is 15.7. The van der Waals surface area contributed by atoms with Crippen LogP contribution in [0.3, 0.4) is 0 Å². The van der Waals surface area contributed by atoms with Crippen molar-refractivity contribution in [1.82, 2.24) is 50.2 Å². The molecule has 0 aliphatic carbocycles. The average molecular weight is 768 g/mol. The van der Waals surface area contributed by atoms with Crippen molar-refractivity contribution in [2.24, 2.45) is 0 Å². The average Bonchev–Trinajstić information content (AvgIpc) is 3.89. The van der Waals surface area contributed by atoms with Gasteiger partial charge in [0.15, 0.2) is 0 Å². The minimum atomic E-state index is -0.478. The number of carbonyl (C=O) groups is 3. The molecular formula is C42H45N11O4. The van der Waals surface area contributed by atoms with Crippen LogP contribution in [0.25, 0.3) is 27.9 Å². The molecule has 6 aromatic rings. The molecule has 0 radical (unpaired) electrons. The number of imide groups is 1. The summed E-state index contributed by atoms with van der Waals surface area (Å²) < 4.78 is 7.13. The quantitative estimate of drug-likeness (QED) is 0.152. The number of amides is 3. The topological polar surface area (TPSA) is 185 Å². The molecule has 1 unspecified atom stereocenters. The molecule has 0 saturated carbocycles.